The number of ether oxygens (including phenoxy) is 3. The van der Waals surface area contributed by atoms with Crippen molar-refractivity contribution >= 4 is 52.3 Å². The highest BCUT2D eigenvalue weighted by Crippen LogP contribution is 2.39. The number of ketones is 1. The van der Waals surface area contributed by atoms with Gasteiger partial charge >= 0.3 is 5.97 Å². The predicted molar refractivity (Wildman–Crippen MR) is 157 cm³/mol. The highest BCUT2D eigenvalue weighted by Gasteiger charge is 2.34. The van der Waals surface area contributed by atoms with E-state index in [1.54, 1.807) is 43.3 Å². The van der Waals surface area contributed by atoms with Gasteiger partial charge < -0.3 is 19.9 Å². The van der Waals surface area contributed by atoms with Gasteiger partial charge in [0, 0.05) is 22.4 Å². The van der Waals surface area contributed by atoms with Crippen molar-refractivity contribution in [2.24, 2.45) is 11.7 Å². The van der Waals surface area contributed by atoms with E-state index in [0.717, 1.165) is 24.0 Å². The quantitative estimate of drug-likeness (QED) is 0.205. The largest absolute Gasteiger partial charge is 0.493 e. The van der Waals surface area contributed by atoms with Crippen molar-refractivity contribution in [1.29, 1.82) is 0 Å². The molecular formula is C31H28Cl3NO5. The lowest BCUT2D eigenvalue weighted by Gasteiger charge is -2.27. The molecule has 1 aliphatic carbocycles. The van der Waals surface area contributed by atoms with Gasteiger partial charge in [0.15, 0.2) is 5.78 Å². The summed E-state index contributed by atoms with van der Waals surface area (Å²) in [7, 11) is 0. The summed E-state index contributed by atoms with van der Waals surface area (Å²) in [4.78, 5) is 25.2. The van der Waals surface area contributed by atoms with E-state index in [2.05, 4.69) is 0 Å². The second-order valence-electron chi connectivity index (χ2n) is 9.85. The summed E-state index contributed by atoms with van der Waals surface area (Å²) in [6.45, 7) is 2.46. The van der Waals surface area contributed by atoms with E-state index < -0.39 is 0 Å². The Bertz CT molecular complexity index is 1480. The van der Waals surface area contributed by atoms with Crippen LogP contribution in [0, 0.1) is 5.92 Å². The highest BCUT2D eigenvalue weighted by atomic mass is 35.5. The van der Waals surface area contributed by atoms with E-state index in [1.165, 1.54) is 0 Å². The van der Waals surface area contributed by atoms with Crippen molar-refractivity contribution in [1.82, 2.24) is 0 Å². The van der Waals surface area contributed by atoms with Crippen LogP contribution < -0.4 is 15.2 Å². The van der Waals surface area contributed by atoms with Gasteiger partial charge in [-0.1, -0.05) is 53.0 Å². The molecule has 3 aromatic rings. The van der Waals surface area contributed by atoms with Gasteiger partial charge in [-0.15, -0.1) is 0 Å². The number of carbonyl (C=O) groups excluding carboxylic acids is 2. The van der Waals surface area contributed by atoms with E-state index in [0.29, 0.717) is 62.9 Å². The van der Waals surface area contributed by atoms with Crippen LogP contribution in [0.1, 0.15) is 52.7 Å². The Labute approximate surface area is 248 Å². The molecule has 0 bridgehead atoms. The van der Waals surface area contributed by atoms with Crippen LogP contribution in [0.5, 0.6) is 11.5 Å². The average Bonchev–Trinajstić information content (AvgIpc) is 3.78. The van der Waals surface area contributed by atoms with E-state index in [-0.39, 0.29) is 35.9 Å². The van der Waals surface area contributed by atoms with E-state index in [4.69, 9.17) is 54.7 Å². The molecule has 6 nitrogen and oxygen atoms in total. The number of esters is 1. The van der Waals surface area contributed by atoms with Gasteiger partial charge in [-0.25, -0.2) is 4.79 Å². The monoisotopic (exact) mass is 599 g/mol. The second kappa shape index (κ2) is 12.1. The fourth-order valence-electron chi connectivity index (χ4n) is 4.78. The lowest BCUT2D eigenvalue weighted by molar-refractivity contribution is -0.116. The maximum absolute atomic E-state index is 13.1. The van der Waals surface area contributed by atoms with Crippen molar-refractivity contribution in [3.8, 4) is 11.5 Å². The SMILES string of the molecule is CCOC(=O)c1ccc2c(c1)OCC(c1ccc(OCC(C(=O)C3CC3)=C(N)c3c(Cl)cccc3Cl)cc1Cl)C2. The number of halogens is 3. The van der Waals surface area contributed by atoms with Gasteiger partial charge in [-0.2, -0.15) is 0 Å². The molecule has 0 spiro atoms. The lowest BCUT2D eigenvalue weighted by Crippen LogP contribution is -2.20. The van der Waals surface area contributed by atoms with E-state index in [1.807, 2.05) is 18.2 Å². The Hall–Kier alpha value is -3.19. The molecular weight excluding hydrogens is 573 g/mol. The number of hydrogen-bond donors (Lipinski definition) is 1. The fourth-order valence-corrected chi connectivity index (χ4v) is 5.70. The molecule has 9 heteroatoms. The number of carbonyl (C=O) groups is 2. The number of rotatable bonds is 9. The molecule has 0 saturated heterocycles. The summed E-state index contributed by atoms with van der Waals surface area (Å²) < 4.78 is 17.1. The molecule has 3 aromatic carbocycles. The first-order valence-corrected chi connectivity index (χ1v) is 14.2. The van der Waals surface area contributed by atoms with E-state index in [9.17, 15) is 9.59 Å². The molecule has 1 unspecified atom stereocenters. The zero-order chi connectivity index (χ0) is 28.4. The standard InChI is InChI=1S/C31H28Cl3NO5/c1-2-38-31(37)19-9-8-18-12-20(15-40-27(18)13-19)22-11-10-21(14-26(22)34)39-16-23(30(36)17-6-7-17)29(35)28-24(32)4-3-5-25(28)33/h3-5,8-11,13-14,17,20H,2,6-7,12,15-16,35H2,1H3. The first kappa shape index (κ1) is 28.3. The summed E-state index contributed by atoms with van der Waals surface area (Å²) in [5.74, 6) is 0.709. The van der Waals surface area contributed by atoms with Crippen LogP contribution >= 0.6 is 34.8 Å². The van der Waals surface area contributed by atoms with Crippen molar-refractivity contribution in [3.05, 3.63) is 97.5 Å². The summed E-state index contributed by atoms with van der Waals surface area (Å²) in [5.41, 5.74) is 9.81. The molecule has 0 aromatic heterocycles. The Morgan fingerprint density at radius 1 is 1.00 bits per heavy atom. The van der Waals surface area contributed by atoms with Crippen LogP contribution in [0.4, 0.5) is 0 Å². The van der Waals surface area contributed by atoms with Gasteiger partial charge in [-0.05, 0) is 73.7 Å². The Morgan fingerprint density at radius 2 is 1.75 bits per heavy atom. The molecule has 1 saturated carbocycles. The normalized spacial score (nSPS) is 16.9. The van der Waals surface area contributed by atoms with Gasteiger partial charge in [0.25, 0.3) is 0 Å². The Kier molecular flexibility index (Phi) is 8.60. The number of benzene rings is 3. The summed E-state index contributed by atoms with van der Waals surface area (Å²) in [5, 5.41) is 1.26. The zero-order valence-electron chi connectivity index (χ0n) is 21.8. The lowest BCUT2D eigenvalue weighted by atomic mass is 9.90. The number of Topliss-reactive ketones (excluding diaryl/α,β-unsaturated/α-hetero) is 1. The third-order valence-corrected chi connectivity index (χ3v) is 8.04. The molecule has 1 fully saturated rings. The molecule has 208 valence electrons. The summed E-state index contributed by atoms with van der Waals surface area (Å²) in [6.07, 6.45) is 2.35. The van der Waals surface area contributed by atoms with Gasteiger partial charge in [0.2, 0.25) is 0 Å². The van der Waals surface area contributed by atoms with Crippen molar-refractivity contribution < 1.29 is 23.8 Å². The molecule has 5 rings (SSSR count). The molecule has 0 amide bonds. The molecule has 1 aliphatic heterocycles. The number of nitrogens with two attached hydrogens (primary N) is 1. The Balaban J connectivity index is 1.32. The molecule has 2 N–H and O–H groups in total. The van der Waals surface area contributed by atoms with Crippen LogP contribution in [0.2, 0.25) is 15.1 Å². The van der Waals surface area contributed by atoms with Crippen molar-refractivity contribution in [2.45, 2.75) is 32.1 Å². The fraction of sp³-hybridized carbons (Fsp3) is 0.290. The minimum absolute atomic E-state index is 0.0207. The smallest absolute Gasteiger partial charge is 0.338 e. The zero-order valence-corrected chi connectivity index (χ0v) is 24.1. The maximum Gasteiger partial charge on any atom is 0.338 e. The number of hydrogen-bond acceptors (Lipinski definition) is 6. The van der Waals surface area contributed by atoms with Gasteiger partial charge in [0.05, 0.1) is 40.1 Å². The molecule has 40 heavy (non-hydrogen) atoms. The number of fused-ring (bicyclic) bond motifs is 1. The molecule has 1 atom stereocenters. The van der Waals surface area contributed by atoms with Crippen LogP contribution in [0.25, 0.3) is 5.70 Å². The third-order valence-electron chi connectivity index (χ3n) is 7.08. The van der Waals surface area contributed by atoms with Crippen molar-refractivity contribution in [2.75, 3.05) is 19.8 Å². The third kappa shape index (κ3) is 6.09. The maximum atomic E-state index is 13.1. The average molecular weight is 601 g/mol. The molecule has 2 aliphatic rings. The molecule has 1 heterocycles. The topological polar surface area (TPSA) is 87.9 Å². The minimum atomic E-state index is -0.372. The second-order valence-corrected chi connectivity index (χ2v) is 11.1. The predicted octanol–water partition coefficient (Wildman–Crippen LogP) is 7.27. The van der Waals surface area contributed by atoms with Gasteiger partial charge in [-0.3, -0.25) is 4.79 Å². The first-order chi connectivity index (χ1) is 19.3. The van der Waals surface area contributed by atoms with E-state index >= 15 is 0 Å². The minimum Gasteiger partial charge on any atom is -0.493 e. The van der Waals surface area contributed by atoms with Crippen LogP contribution in [-0.2, 0) is 16.0 Å². The van der Waals surface area contributed by atoms with Crippen LogP contribution in [-0.4, -0.2) is 31.6 Å². The van der Waals surface area contributed by atoms with Crippen LogP contribution in [0.15, 0.2) is 60.2 Å². The molecule has 0 radical (unpaired) electrons. The first-order valence-electron chi connectivity index (χ1n) is 13.1. The van der Waals surface area contributed by atoms with Gasteiger partial charge in [0.1, 0.15) is 18.1 Å². The van der Waals surface area contributed by atoms with Crippen LogP contribution in [0.3, 0.4) is 0 Å². The Morgan fingerprint density at radius 3 is 2.42 bits per heavy atom. The summed E-state index contributed by atoms with van der Waals surface area (Å²) in [6, 6.07) is 15.9. The highest BCUT2D eigenvalue weighted by molar-refractivity contribution is 6.37. The summed E-state index contributed by atoms with van der Waals surface area (Å²) >= 11 is 19.4. The van der Waals surface area contributed by atoms with Crippen molar-refractivity contribution in [3.63, 3.8) is 0 Å².